The van der Waals surface area contributed by atoms with Crippen LogP contribution in [0.25, 0.3) is 0 Å². The maximum atomic E-state index is 12.8. The molecule has 0 aliphatic carbocycles. The van der Waals surface area contributed by atoms with E-state index in [4.69, 9.17) is 10.4 Å². The van der Waals surface area contributed by atoms with Crippen molar-refractivity contribution in [2.75, 3.05) is 6.79 Å². The molecule has 1 aromatic rings. The van der Waals surface area contributed by atoms with Crippen molar-refractivity contribution in [2.45, 2.75) is 0 Å². The topological polar surface area (TPSA) is 53.2 Å². The summed E-state index contributed by atoms with van der Waals surface area (Å²) >= 11 is 0. The van der Waals surface area contributed by atoms with Gasteiger partial charge < -0.3 is 9.84 Å². The van der Waals surface area contributed by atoms with Gasteiger partial charge >= 0.3 is 0 Å². The van der Waals surface area contributed by atoms with Crippen molar-refractivity contribution in [3.63, 3.8) is 0 Å². The van der Waals surface area contributed by atoms with Gasteiger partial charge in [0.1, 0.15) is 0 Å². The number of rotatable bonds is 2. The number of aliphatic hydroxyl groups is 1. The molecule has 0 fully saturated rings. The minimum Gasteiger partial charge on any atom is -0.465 e. The first-order valence-corrected chi connectivity index (χ1v) is 3.21. The third-order valence-electron chi connectivity index (χ3n) is 1.28. The summed E-state index contributed by atoms with van der Waals surface area (Å²) in [6.45, 7) is -0.581. The van der Waals surface area contributed by atoms with Gasteiger partial charge in [-0.05, 0) is 18.2 Å². The molecule has 0 aliphatic rings. The molecular formula is C8H6FNO2. The Balaban J connectivity index is 2.97. The number of hydrogen-bond donors (Lipinski definition) is 1. The molecule has 62 valence electrons. The summed E-state index contributed by atoms with van der Waals surface area (Å²) in [6.07, 6.45) is 0. The summed E-state index contributed by atoms with van der Waals surface area (Å²) in [5, 5.41) is 16.7. The molecule has 0 atom stereocenters. The van der Waals surface area contributed by atoms with Crippen LogP contribution >= 0.6 is 0 Å². The first-order chi connectivity index (χ1) is 5.77. The quantitative estimate of drug-likeness (QED) is 0.669. The fraction of sp³-hybridized carbons (Fsp3) is 0.125. The molecule has 0 spiro atoms. The highest BCUT2D eigenvalue weighted by Gasteiger charge is 2.02. The zero-order chi connectivity index (χ0) is 8.97. The van der Waals surface area contributed by atoms with E-state index in [9.17, 15) is 4.39 Å². The molecule has 0 saturated heterocycles. The van der Waals surface area contributed by atoms with E-state index >= 15 is 0 Å². The molecule has 0 aliphatic heterocycles. The third-order valence-corrected chi connectivity index (χ3v) is 1.28. The molecule has 3 nitrogen and oxygen atoms in total. The normalized spacial score (nSPS) is 9.08. The average Bonchev–Trinajstić information content (AvgIpc) is 2.09. The molecule has 12 heavy (non-hydrogen) atoms. The molecule has 0 heterocycles. The van der Waals surface area contributed by atoms with Crippen molar-refractivity contribution in [1.29, 1.82) is 5.26 Å². The van der Waals surface area contributed by atoms with Gasteiger partial charge in [0.2, 0.25) is 0 Å². The monoisotopic (exact) mass is 167 g/mol. The summed E-state index contributed by atoms with van der Waals surface area (Å²) in [5.74, 6) is -0.709. The van der Waals surface area contributed by atoms with Gasteiger partial charge in [0.25, 0.3) is 0 Å². The van der Waals surface area contributed by atoms with Crippen LogP contribution in [-0.4, -0.2) is 11.9 Å². The van der Waals surface area contributed by atoms with Gasteiger partial charge in [0, 0.05) is 0 Å². The van der Waals surface area contributed by atoms with Crippen LogP contribution in [0.2, 0.25) is 0 Å². The number of hydrogen-bond acceptors (Lipinski definition) is 3. The van der Waals surface area contributed by atoms with Crippen LogP contribution in [0.1, 0.15) is 5.56 Å². The fourth-order valence-electron chi connectivity index (χ4n) is 0.757. The van der Waals surface area contributed by atoms with E-state index in [1.165, 1.54) is 12.1 Å². The zero-order valence-electron chi connectivity index (χ0n) is 6.12. The van der Waals surface area contributed by atoms with E-state index in [2.05, 4.69) is 4.74 Å². The number of nitriles is 1. The molecule has 0 bridgehead atoms. The van der Waals surface area contributed by atoms with Crippen LogP contribution in [0.3, 0.4) is 0 Å². The number of ether oxygens (including phenoxy) is 1. The van der Waals surface area contributed by atoms with Gasteiger partial charge in [0.05, 0.1) is 11.6 Å². The van der Waals surface area contributed by atoms with Crippen molar-refractivity contribution < 1.29 is 14.2 Å². The number of benzene rings is 1. The Kier molecular flexibility index (Phi) is 2.62. The highest BCUT2D eigenvalue weighted by Crippen LogP contribution is 2.17. The molecule has 0 aromatic heterocycles. The lowest BCUT2D eigenvalue weighted by molar-refractivity contribution is 0.0944. The lowest BCUT2D eigenvalue weighted by Gasteiger charge is -2.02. The molecule has 1 rings (SSSR count). The first kappa shape index (κ1) is 8.50. The van der Waals surface area contributed by atoms with E-state index in [-0.39, 0.29) is 11.3 Å². The smallest absolute Gasteiger partial charge is 0.186 e. The summed E-state index contributed by atoms with van der Waals surface area (Å²) < 4.78 is 17.3. The van der Waals surface area contributed by atoms with E-state index in [0.717, 1.165) is 6.07 Å². The Morgan fingerprint density at radius 3 is 2.83 bits per heavy atom. The molecular weight excluding hydrogens is 161 g/mol. The highest BCUT2D eigenvalue weighted by atomic mass is 19.1. The van der Waals surface area contributed by atoms with Crippen LogP contribution in [0, 0.1) is 17.1 Å². The summed E-state index contributed by atoms with van der Waals surface area (Å²) in [7, 11) is 0. The molecule has 0 saturated carbocycles. The number of halogens is 1. The summed E-state index contributed by atoms with van der Waals surface area (Å²) in [6, 6.07) is 5.53. The summed E-state index contributed by atoms with van der Waals surface area (Å²) in [4.78, 5) is 0. The Morgan fingerprint density at radius 1 is 1.58 bits per heavy atom. The predicted molar refractivity (Wildman–Crippen MR) is 38.8 cm³/mol. The average molecular weight is 167 g/mol. The number of nitrogens with zero attached hydrogens (tertiary/aromatic N) is 1. The number of aliphatic hydroxyl groups excluding tert-OH is 1. The molecule has 1 aromatic carbocycles. The maximum absolute atomic E-state index is 12.8. The Bertz CT molecular complexity index is 319. The largest absolute Gasteiger partial charge is 0.465 e. The first-order valence-electron chi connectivity index (χ1n) is 3.21. The minimum atomic E-state index is -0.650. The van der Waals surface area contributed by atoms with Gasteiger partial charge in [0.15, 0.2) is 18.4 Å². The van der Waals surface area contributed by atoms with Crippen LogP contribution in [0.15, 0.2) is 18.2 Å². The van der Waals surface area contributed by atoms with Crippen molar-refractivity contribution in [1.82, 2.24) is 0 Å². The van der Waals surface area contributed by atoms with Crippen molar-refractivity contribution >= 4 is 0 Å². The minimum absolute atomic E-state index is 0.0588. The predicted octanol–water partition coefficient (Wildman–Crippen LogP) is 1.03. The Hall–Kier alpha value is -1.60. The fourth-order valence-corrected chi connectivity index (χ4v) is 0.757. The highest BCUT2D eigenvalue weighted by molar-refractivity contribution is 5.35. The second-order valence-corrected chi connectivity index (χ2v) is 2.03. The van der Waals surface area contributed by atoms with E-state index in [1.807, 2.05) is 0 Å². The Labute approximate surface area is 68.6 Å². The second kappa shape index (κ2) is 3.69. The van der Waals surface area contributed by atoms with Gasteiger partial charge in [-0.2, -0.15) is 5.26 Å². The van der Waals surface area contributed by atoms with Gasteiger partial charge in [-0.25, -0.2) is 4.39 Å². The molecule has 4 heteroatoms. The lowest BCUT2D eigenvalue weighted by Crippen LogP contribution is -1.97. The van der Waals surface area contributed by atoms with E-state index in [1.54, 1.807) is 6.07 Å². The molecule has 0 unspecified atom stereocenters. The Morgan fingerprint density at radius 2 is 2.33 bits per heavy atom. The van der Waals surface area contributed by atoms with Gasteiger partial charge in [-0.3, -0.25) is 0 Å². The SMILES string of the molecule is N#Cc1ccc(OCO)c(F)c1. The molecule has 0 radical (unpaired) electrons. The van der Waals surface area contributed by atoms with Crippen LogP contribution in [-0.2, 0) is 0 Å². The van der Waals surface area contributed by atoms with Gasteiger partial charge in [-0.15, -0.1) is 0 Å². The van der Waals surface area contributed by atoms with Crippen molar-refractivity contribution in [2.24, 2.45) is 0 Å². The summed E-state index contributed by atoms with van der Waals surface area (Å²) in [5.41, 5.74) is 0.220. The second-order valence-electron chi connectivity index (χ2n) is 2.03. The third kappa shape index (κ3) is 1.71. The zero-order valence-corrected chi connectivity index (χ0v) is 6.12. The van der Waals surface area contributed by atoms with Crippen molar-refractivity contribution in [3.8, 4) is 11.8 Å². The van der Waals surface area contributed by atoms with Crippen LogP contribution < -0.4 is 4.74 Å². The van der Waals surface area contributed by atoms with E-state index in [0.29, 0.717) is 0 Å². The van der Waals surface area contributed by atoms with Crippen LogP contribution in [0.5, 0.6) is 5.75 Å². The molecule has 0 amide bonds. The van der Waals surface area contributed by atoms with E-state index < -0.39 is 12.6 Å². The van der Waals surface area contributed by atoms with Crippen LogP contribution in [0.4, 0.5) is 4.39 Å². The molecule has 1 N–H and O–H groups in total. The van der Waals surface area contributed by atoms with Gasteiger partial charge in [-0.1, -0.05) is 0 Å². The lowest BCUT2D eigenvalue weighted by atomic mass is 10.2. The standard InChI is InChI=1S/C8H6FNO2/c9-7-3-6(4-10)1-2-8(7)12-5-11/h1-3,11H,5H2. The van der Waals surface area contributed by atoms with Crippen molar-refractivity contribution in [3.05, 3.63) is 29.6 Å². The maximum Gasteiger partial charge on any atom is 0.186 e.